The minimum absolute atomic E-state index is 0.00985. The van der Waals surface area contributed by atoms with Crippen LogP contribution in [0.2, 0.25) is 0 Å². The van der Waals surface area contributed by atoms with Crippen LogP contribution in [-0.4, -0.2) is 25.2 Å². The number of hydrogen-bond donors (Lipinski definition) is 1. The van der Waals surface area contributed by atoms with Crippen molar-refractivity contribution < 1.29 is 0 Å². The van der Waals surface area contributed by atoms with E-state index in [2.05, 4.69) is 20.6 Å². The molecule has 0 atom stereocenters. The van der Waals surface area contributed by atoms with Crippen LogP contribution in [-0.2, 0) is 6.54 Å². The predicted molar refractivity (Wildman–Crippen MR) is 44.0 cm³/mol. The molecule has 66 valence electrons. The molecule has 0 aliphatic heterocycles. The smallest absolute Gasteiger partial charge is 0.194 e. The van der Waals surface area contributed by atoms with E-state index >= 15 is 0 Å². The molecule has 0 aliphatic carbocycles. The van der Waals surface area contributed by atoms with Crippen molar-refractivity contribution in [1.82, 2.24) is 25.2 Å². The standard InChI is InChI=1S/C7H7N5O/c13-6-1-3-12(4-2-6)5-7-8-10-11-9-7/h1-4H,5H2,(H,8,9,10,11). The lowest BCUT2D eigenvalue weighted by molar-refractivity contribution is 0.739. The second-order valence-corrected chi connectivity index (χ2v) is 2.53. The number of aromatic nitrogens is 5. The zero-order valence-corrected chi connectivity index (χ0v) is 6.71. The monoisotopic (exact) mass is 177 g/mol. The lowest BCUT2D eigenvalue weighted by atomic mass is 10.4. The van der Waals surface area contributed by atoms with E-state index in [0.29, 0.717) is 12.4 Å². The van der Waals surface area contributed by atoms with Crippen LogP contribution in [0.15, 0.2) is 29.3 Å². The van der Waals surface area contributed by atoms with Crippen LogP contribution in [0.1, 0.15) is 5.82 Å². The Balaban J connectivity index is 2.19. The van der Waals surface area contributed by atoms with Crippen molar-refractivity contribution in [1.29, 1.82) is 0 Å². The minimum Gasteiger partial charge on any atom is -0.346 e. The summed E-state index contributed by atoms with van der Waals surface area (Å²) in [6.45, 7) is 0.511. The Morgan fingerprint density at radius 1 is 1.38 bits per heavy atom. The lowest BCUT2D eigenvalue weighted by Gasteiger charge is -1.99. The summed E-state index contributed by atoms with van der Waals surface area (Å²) in [6, 6.07) is 2.97. The third kappa shape index (κ3) is 1.78. The quantitative estimate of drug-likeness (QED) is 0.665. The van der Waals surface area contributed by atoms with Crippen LogP contribution in [0.5, 0.6) is 0 Å². The molecule has 0 bridgehead atoms. The van der Waals surface area contributed by atoms with Crippen LogP contribution < -0.4 is 5.43 Å². The van der Waals surface area contributed by atoms with Crippen LogP contribution in [0.4, 0.5) is 0 Å². The van der Waals surface area contributed by atoms with Gasteiger partial charge < -0.3 is 4.57 Å². The van der Waals surface area contributed by atoms with E-state index in [0.717, 1.165) is 0 Å². The fourth-order valence-electron chi connectivity index (χ4n) is 0.962. The van der Waals surface area contributed by atoms with E-state index in [4.69, 9.17) is 0 Å². The predicted octanol–water partition coefficient (Wildman–Crippen LogP) is -0.590. The van der Waals surface area contributed by atoms with Gasteiger partial charge in [-0.1, -0.05) is 5.21 Å². The van der Waals surface area contributed by atoms with Gasteiger partial charge in [0.1, 0.15) is 0 Å². The van der Waals surface area contributed by atoms with Crippen LogP contribution >= 0.6 is 0 Å². The molecule has 0 saturated heterocycles. The molecule has 0 unspecified atom stereocenters. The third-order valence-electron chi connectivity index (χ3n) is 1.57. The zero-order valence-electron chi connectivity index (χ0n) is 6.71. The summed E-state index contributed by atoms with van der Waals surface area (Å²) in [5.74, 6) is 0.587. The molecular weight excluding hydrogens is 170 g/mol. The first-order valence-electron chi connectivity index (χ1n) is 3.73. The third-order valence-corrected chi connectivity index (χ3v) is 1.57. The summed E-state index contributed by atoms with van der Waals surface area (Å²) in [5, 5.41) is 13.4. The highest BCUT2D eigenvalue weighted by Crippen LogP contribution is 1.90. The molecule has 1 N–H and O–H groups in total. The number of rotatable bonds is 2. The van der Waals surface area contributed by atoms with E-state index in [1.807, 2.05) is 0 Å². The van der Waals surface area contributed by atoms with Crippen LogP contribution in [0, 0.1) is 0 Å². The van der Waals surface area contributed by atoms with Gasteiger partial charge >= 0.3 is 0 Å². The second-order valence-electron chi connectivity index (χ2n) is 2.53. The molecule has 2 aromatic rings. The molecule has 6 heteroatoms. The summed E-state index contributed by atoms with van der Waals surface area (Å²) in [5.41, 5.74) is -0.00985. The Bertz CT molecular complexity index is 412. The first kappa shape index (κ1) is 7.66. The first-order valence-corrected chi connectivity index (χ1v) is 3.73. The molecule has 0 aliphatic rings. The zero-order chi connectivity index (χ0) is 9.10. The van der Waals surface area contributed by atoms with E-state index in [1.54, 1.807) is 17.0 Å². The van der Waals surface area contributed by atoms with Gasteiger partial charge in [-0.15, -0.1) is 10.2 Å². The Morgan fingerprint density at radius 3 is 2.77 bits per heavy atom. The molecule has 6 nitrogen and oxygen atoms in total. The molecule has 13 heavy (non-hydrogen) atoms. The number of tetrazole rings is 1. The van der Waals surface area contributed by atoms with Gasteiger partial charge in [-0.25, -0.2) is 0 Å². The Hall–Kier alpha value is -1.98. The maximum atomic E-state index is 10.8. The summed E-state index contributed by atoms with van der Waals surface area (Å²) in [7, 11) is 0. The molecule has 0 spiro atoms. The van der Waals surface area contributed by atoms with E-state index in [-0.39, 0.29) is 5.43 Å². The van der Waals surface area contributed by atoms with Crippen molar-refractivity contribution in [3.05, 3.63) is 40.6 Å². The van der Waals surface area contributed by atoms with E-state index < -0.39 is 0 Å². The number of hydrogen-bond acceptors (Lipinski definition) is 4. The summed E-state index contributed by atoms with van der Waals surface area (Å²) in [6.07, 6.45) is 3.36. The topological polar surface area (TPSA) is 76.5 Å². The molecule has 0 saturated carbocycles. The van der Waals surface area contributed by atoms with Crippen molar-refractivity contribution in [2.24, 2.45) is 0 Å². The summed E-state index contributed by atoms with van der Waals surface area (Å²) in [4.78, 5) is 10.8. The number of H-pyrrole nitrogens is 1. The highest BCUT2D eigenvalue weighted by atomic mass is 16.1. The summed E-state index contributed by atoms with van der Waals surface area (Å²) >= 11 is 0. The van der Waals surface area contributed by atoms with Crippen molar-refractivity contribution in [3.8, 4) is 0 Å². The second kappa shape index (κ2) is 3.18. The average Bonchev–Trinajstić information content (AvgIpc) is 2.62. The van der Waals surface area contributed by atoms with Gasteiger partial charge in [-0.2, -0.15) is 5.21 Å². The average molecular weight is 177 g/mol. The molecule has 0 radical (unpaired) electrons. The normalized spacial score (nSPS) is 10.2. The van der Waals surface area contributed by atoms with Crippen molar-refractivity contribution in [3.63, 3.8) is 0 Å². The fourth-order valence-corrected chi connectivity index (χ4v) is 0.962. The molecule has 0 amide bonds. The molecule has 0 aromatic carbocycles. The molecule has 2 rings (SSSR count). The molecular formula is C7H7N5O. The first-order chi connectivity index (χ1) is 6.34. The Kier molecular flexibility index (Phi) is 1.87. The fraction of sp³-hybridized carbons (Fsp3) is 0.143. The van der Waals surface area contributed by atoms with Gasteiger partial charge in [0.05, 0.1) is 6.54 Å². The van der Waals surface area contributed by atoms with Gasteiger partial charge in [0.25, 0.3) is 0 Å². The SMILES string of the molecule is O=c1ccn(Cc2nn[nH]n2)cc1. The maximum Gasteiger partial charge on any atom is 0.194 e. The molecule has 2 aromatic heterocycles. The van der Waals surface area contributed by atoms with E-state index in [1.165, 1.54) is 12.1 Å². The summed E-state index contributed by atoms with van der Waals surface area (Å²) < 4.78 is 1.80. The van der Waals surface area contributed by atoms with Crippen molar-refractivity contribution >= 4 is 0 Å². The van der Waals surface area contributed by atoms with Gasteiger partial charge in [-0.05, 0) is 0 Å². The van der Waals surface area contributed by atoms with Gasteiger partial charge in [0.15, 0.2) is 11.3 Å². The van der Waals surface area contributed by atoms with Gasteiger partial charge in [-0.3, -0.25) is 4.79 Å². The van der Waals surface area contributed by atoms with Crippen molar-refractivity contribution in [2.45, 2.75) is 6.54 Å². The lowest BCUT2D eigenvalue weighted by Crippen LogP contribution is -2.05. The van der Waals surface area contributed by atoms with Gasteiger partial charge in [0.2, 0.25) is 0 Å². The van der Waals surface area contributed by atoms with Gasteiger partial charge in [0, 0.05) is 24.5 Å². The minimum atomic E-state index is -0.00985. The molecule has 2 heterocycles. The van der Waals surface area contributed by atoms with E-state index in [9.17, 15) is 4.79 Å². The highest BCUT2D eigenvalue weighted by Gasteiger charge is 1.96. The van der Waals surface area contributed by atoms with Crippen molar-refractivity contribution in [2.75, 3.05) is 0 Å². The number of pyridine rings is 1. The Labute approximate surface area is 73.2 Å². The highest BCUT2D eigenvalue weighted by molar-refractivity contribution is 4.95. The maximum absolute atomic E-state index is 10.8. The Morgan fingerprint density at radius 2 is 2.15 bits per heavy atom. The van der Waals surface area contributed by atoms with Crippen LogP contribution in [0.25, 0.3) is 0 Å². The molecule has 0 fully saturated rings. The largest absolute Gasteiger partial charge is 0.346 e. The number of aromatic amines is 1. The number of nitrogens with zero attached hydrogens (tertiary/aromatic N) is 4. The van der Waals surface area contributed by atoms with Crippen LogP contribution in [0.3, 0.4) is 0 Å². The number of nitrogens with one attached hydrogen (secondary N) is 1.